The predicted molar refractivity (Wildman–Crippen MR) is 91.7 cm³/mol. The summed E-state index contributed by atoms with van der Waals surface area (Å²) in [4.78, 5) is 26.1. The van der Waals surface area contributed by atoms with Crippen molar-refractivity contribution >= 4 is 17.5 Å². The highest BCUT2D eigenvalue weighted by atomic mass is 16.2. The first kappa shape index (κ1) is 16.7. The molecule has 23 heavy (non-hydrogen) atoms. The van der Waals surface area contributed by atoms with Crippen LogP contribution in [0, 0.1) is 0 Å². The summed E-state index contributed by atoms with van der Waals surface area (Å²) in [6.07, 6.45) is 0. The van der Waals surface area contributed by atoms with Crippen LogP contribution in [0.3, 0.4) is 0 Å². The number of carbonyl (C=O) groups excluding carboxylic acids is 2. The number of benzene rings is 2. The van der Waals surface area contributed by atoms with Crippen LogP contribution in [0.1, 0.15) is 20.7 Å². The van der Waals surface area contributed by atoms with Crippen molar-refractivity contribution < 1.29 is 9.59 Å². The Morgan fingerprint density at radius 2 is 1.43 bits per heavy atom. The van der Waals surface area contributed by atoms with Crippen LogP contribution in [-0.4, -0.2) is 43.9 Å². The Labute approximate surface area is 136 Å². The number of carbonyl (C=O) groups is 2. The third-order valence-electron chi connectivity index (χ3n) is 3.29. The van der Waals surface area contributed by atoms with E-state index in [1.54, 1.807) is 24.3 Å². The summed E-state index contributed by atoms with van der Waals surface area (Å²) in [5.74, 6) is -0.336. The highest BCUT2D eigenvalue weighted by Gasteiger charge is 2.09. The summed E-state index contributed by atoms with van der Waals surface area (Å²) >= 11 is 0. The number of anilines is 1. The number of rotatable bonds is 6. The molecule has 2 N–H and O–H groups in total. The van der Waals surface area contributed by atoms with E-state index < -0.39 is 0 Å². The van der Waals surface area contributed by atoms with Crippen molar-refractivity contribution in [1.29, 1.82) is 0 Å². The van der Waals surface area contributed by atoms with Crippen LogP contribution < -0.4 is 10.6 Å². The molecule has 0 aromatic heterocycles. The van der Waals surface area contributed by atoms with Crippen LogP contribution >= 0.6 is 0 Å². The minimum absolute atomic E-state index is 0.137. The van der Waals surface area contributed by atoms with Gasteiger partial charge >= 0.3 is 0 Å². The van der Waals surface area contributed by atoms with Gasteiger partial charge in [0.25, 0.3) is 11.8 Å². The molecule has 0 saturated carbocycles. The Hall–Kier alpha value is -2.66. The maximum absolute atomic E-state index is 12.1. The Balaban J connectivity index is 1.93. The first-order valence-corrected chi connectivity index (χ1v) is 7.45. The molecule has 0 radical (unpaired) electrons. The van der Waals surface area contributed by atoms with E-state index in [1.807, 2.05) is 49.3 Å². The summed E-state index contributed by atoms with van der Waals surface area (Å²) in [6, 6.07) is 15.9. The normalized spacial score (nSPS) is 10.4. The summed E-state index contributed by atoms with van der Waals surface area (Å²) in [6.45, 7) is 1.37. The van der Waals surface area contributed by atoms with Crippen molar-refractivity contribution in [3.05, 3.63) is 65.7 Å². The Morgan fingerprint density at radius 1 is 0.870 bits per heavy atom. The number of para-hydroxylation sites is 1. The second-order valence-corrected chi connectivity index (χ2v) is 5.46. The zero-order valence-corrected chi connectivity index (χ0v) is 13.4. The number of nitrogens with zero attached hydrogens (tertiary/aromatic N) is 1. The van der Waals surface area contributed by atoms with Crippen molar-refractivity contribution in [2.45, 2.75) is 0 Å². The van der Waals surface area contributed by atoms with Gasteiger partial charge in [-0.3, -0.25) is 9.59 Å². The van der Waals surface area contributed by atoms with Crippen molar-refractivity contribution in [2.24, 2.45) is 0 Å². The van der Waals surface area contributed by atoms with Gasteiger partial charge in [0.05, 0.1) is 0 Å². The number of likely N-dealkylation sites (N-methyl/N-ethyl adjacent to an activating group) is 1. The van der Waals surface area contributed by atoms with E-state index in [1.165, 1.54) is 0 Å². The SMILES string of the molecule is CN(C)CCNC(=O)c1ccc(C(=O)Nc2ccccc2)cc1. The van der Waals surface area contributed by atoms with E-state index in [-0.39, 0.29) is 11.8 Å². The fourth-order valence-corrected chi connectivity index (χ4v) is 1.99. The van der Waals surface area contributed by atoms with E-state index in [0.717, 1.165) is 12.2 Å². The highest BCUT2D eigenvalue weighted by Crippen LogP contribution is 2.10. The molecule has 0 atom stereocenters. The average molecular weight is 311 g/mol. The molecule has 0 aliphatic rings. The van der Waals surface area contributed by atoms with Gasteiger partial charge in [-0.25, -0.2) is 0 Å². The Kier molecular flexibility index (Phi) is 5.88. The van der Waals surface area contributed by atoms with Gasteiger partial charge in [0.15, 0.2) is 0 Å². The van der Waals surface area contributed by atoms with Gasteiger partial charge in [0.1, 0.15) is 0 Å². The standard InChI is InChI=1S/C18H21N3O2/c1-21(2)13-12-19-17(22)14-8-10-15(11-9-14)18(23)20-16-6-4-3-5-7-16/h3-11H,12-13H2,1-2H3,(H,19,22)(H,20,23). The van der Waals surface area contributed by atoms with Gasteiger partial charge in [-0.2, -0.15) is 0 Å². The molecule has 0 aliphatic carbocycles. The molecule has 5 heteroatoms. The second-order valence-electron chi connectivity index (χ2n) is 5.46. The number of amides is 2. The monoisotopic (exact) mass is 311 g/mol. The Morgan fingerprint density at radius 3 is 2.00 bits per heavy atom. The van der Waals surface area contributed by atoms with Gasteiger partial charge in [0, 0.05) is 29.9 Å². The molecule has 120 valence electrons. The van der Waals surface area contributed by atoms with Gasteiger partial charge in [-0.15, -0.1) is 0 Å². The third kappa shape index (κ3) is 5.23. The van der Waals surface area contributed by atoms with Crippen molar-refractivity contribution in [3.63, 3.8) is 0 Å². The molecule has 0 aliphatic heterocycles. The first-order chi connectivity index (χ1) is 11.1. The van der Waals surface area contributed by atoms with Gasteiger partial charge in [-0.05, 0) is 50.5 Å². The molecule has 0 spiro atoms. The zero-order chi connectivity index (χ0) is 16.7. The molecule has 2 aromatic carbocycles. The second kappa shape index (κ2) is 8.10. The third-order valence-corrected chi connectivity index (χ3v) is 3.29. The quantitative estimate of drug-likeness (QED) is 0.860. The molecule has 0 bridgehead atoms. The van der Waals surface area contributed by atoms with Crippen LogP contribution in [-0.2, 0) is 0 Å². The van der Waals surface area contributed by atoms with E-state index in [2.05, 4.69) is 10.6 Å². The van der Waals surface area contributed by atoms with Crippen molar-refractivity contribution in [1.82, 2.24) is 10.2 Å². The van der Waals surface area contributed by atoms with Crippen molar-refractivity contribution in [2.75, 3.05) is 32.5 Å². The smallest absolute Gasteiger partial charge is 0.255 e. The van der Waals surface area contributed by atoms with E-state index >= 15 is 0 Å². The van der Waals surface area contributed by atoms with Gasteiger partial charge in [0.2, 0.25) is 0 Å². The largest absolute Gasteiger partial charge is 0.351 e. The molecule has 2 amide bonds. The summed E-state index contributed by atoms with van der Waals surface area (Å²) in [7, 11) is 3.90. The molecule has 0 fully saturated rings. The lowest BCUT2D eigenvalue weighted by atomic mass is 10.1. The fraction of sp³-hybridized carbons (Fsp3) is 0.222. The lowest BCUT2D eigenvalue weighted by Crippen LogP contribution is -2.31. The molecule has 0 unspecified atom stereocenters. The Bertz CT molecular complexity index is 652. The summed E-state index contributed by atoms with van der Waals surface area (Å²) < 4.78 is 0. The molecule has 2 rings (SSSR count). The lowest BCUT2D eigenvalue weighted by Gasteiger charge is -2.10. The minimum Gasteiger partial charge on any atom is -0.351 e. The number of hydrogen-bond acceptors (Lipinski definition) is 3. The van der Waals surface area contributed by atoms with Crippen LogP contribution in [0.4, 0.5) is 5.69 Å². The van der Waals surface area contributed by atoms with Crippen LogP contribution in [0.2, 0.25) is 0 Å². The molecule has 5 nitrogen and oxygen atoms in total. The molecule has 0 saturated heterocycles. The van der Waals surface area contributed by atoms with Crippen LogP contribution in [0.15, 0.2) is 54.6 Å². The molecule has 2 aromatic rings. The lowest BCUT2D eigenvalue weighted by molar-refractivity contribution is 0.0949. The van der Waals surface area contributed by atoms with Gasteiger partial charge < -0.3 is 15.5 Å². The van der Waals surface area contributed by atoms with Crippen molar-refractivity contribution in [3.8, 4) is 0 Å². The van der Waals surface area contributed by atoms with Gasteiger partial charge in [-0.1, -0.05) is 18.2 Å². The van der Waals surface area contributed by atoms with Crippen LogP contribution in [0.5, 0.6) is 0 Å². The summed E-state index contributed by atoms with van der Waals surface area (Å²) in [5, 5.41) is 5.65. The maximum atomic E-state index is 12.1. The molecule has 0 heterocycles. The fourth-order valence-electron chi connectivity index (χ4n) is 1.99. The van der Waals surface area contributed by atoms with E-state index in [4.69, 9.17) is 0 Å². The molecular weight excluding hydrogens is 290 g/mol. The minimum atomic E-state index is -0.198. The average Bonchev–Trinajstić information content (AvgIpc) is 2.55. The van der Waals surface area contributed by atoms with Crippen LogP contribution in [0.25, 0.3) is 0 Å². The highest BCUT2D eigenvalue weighted by molar-refractivity contribution is 6.05. The number of hydrogen-bond donors (Lipinski definition) is 2. The zero-order valence-electron chi connectivity index (χ0n) is 13.4. The van der Waals surface area contributed by atoms with E-state index in [9.17, 15) is 9.59 Å². The maximum Gasteiger partial charge on any atom is 0.255 e. The summed E-state index contributed by atoms with van der Waals surface area (Å²) in [5.41, 5.74) is 1.79. The first-order valence-electron chi connectivity index (χ1n) is 7.45. The number of nitrogens with one attached hydrogen (secondary N) is 2. The van der Waals surface area contributed by atoms with E-state index in [0.29, 0.717) is 17.7 Å². The predicted octanol–water partition coefficient (Wildman–Crippen LogP) is 2.23. The molecular formula is C18H21N3O2. The topological polar surface area (TPSA) is 61.4 Å².